The molecule has 0 aliphatic carbocycles. The summed E-state index contributed by atoms with van der Waals surface area (Å²) < 4.78 is 3.44. The minimum atomic E-state index is -0.309. The molecular weight excluding hydrogens is 306 g/mol. The minimum absolute atomic E-state index is 0.0770. The van der Waals surface area contributed by atoms with Crippen LogP contribution in [0.3, 0.4) is 0 Å². The maximum atomic E-state index is 12.1. The van der Waals surface area contributed by atoms with Gasteiger partial charge in [-0.25, -0.2) is 4.79 Å². The van der Waals surface area contributed by atoms with Gasteiger partial charge in [0.25, 0.3) is 0 Å². The van der Waals surface area contributed by atoms with Gasteiger partial charge in [-0.2, -0.15) is 10.1 Å². The molecule has 1 amide bonds. The second-order valence-corrected chi connectivity index (χ2v) is 6.25. The van der Waals surface area contributed by atoms with Crippen LogP contribution in [0.5, 0.6) is 0 Å². The molecule has 0 radical (unpaired) electrons. The Labute approximate surface area is 141 Å². The maximum absolute atomic E-state index is 12.1. The van der Waals surface area contributed by atoms with Crippen LogP contribution in [0.15, 0.2) is 16.9 Å². The summed E-state index contributed by atoms with van der Waals surface area (Å²) in [4.78, 5) is 27.8. The molecule has 7 heteroatoms. The zero-order chi connectivity index (χ0) is 17.9. The summed E-state index contributed by atoms with van der Waals surface area (Å²) >= 11 is 0. The summed E-state index contributed by atoms with van der Waals surface area (Å²) in [6.45, 7) is 10.4. The number of hydrogen-bond donors (Lipinski definition) is 1. The second-order valence-electron chi connectivity index (χ2n) is 6.25. The minimum Gasteiger partial charge on any atom is -0.354 e. The van der Waals surface area contributed by atoms with Crippen LogP contribution < -0.4 is 11.0 Å². The van der Waals surface area contributed by atoms with E-state index in [1.54, 1.807) is 6.92 Å². The molecule has 0 fully saturated rings. The smallest absolute Gasteiger partial charge is 0.347 e. The molecule has 0 spiro atoms. The standard InChI is InChI=1S/C17H25N5O2/c1-11-8-13(3)21(17(24)19-11)7-6-16(23)18-10-15(5)22-14(4)9-12(2)20-22/h8-9,15H,6-7,10H2,1-5H3,(H,18,23)/t15-/m0/s1. The summed E-state index contributed by atoms with van der Waals surface area (Å²) in [6.07, 6.45) is 0.245. The maximum Gasteiger partial charge on any atom is 0.347 e. The van der Waals surface area contributed by atoms with Gasteiger partial charge in [0.2, 0.25) is 5.91 Å². The van der Waals surface area contributed by atoms with Crippen LogP contribution in [0.4, 0.5) is 0 Å². The van der Waals surface area contributed by atoms with Crippen LogP contribution in [0, 0.1) is 27.7 Å². The number of aromatic nitrogens is 4. The number of rotatable bonds is 6. The van der Waals surface area contributed by atoms with Gasteiger partial charge in [-0.1, -0.05) is 0 Å². The summed E-state index contributed by atoms with van der Waals surface area (Å²) in [7, 11) is 0. The number of hydrogen-bond acceptors (Lipinski definition) is 4. The van der Waals surface area contributed by atoms with E-state index in [1.165, 1.54) is 4.57 Å². The fourth-order valence-corrected chi connectivity index (χ4v) is 2.79. The van der Waals surface area contributed by atoms with Gasteiger partial charge >= 0.3 is 5.69 Å². The summed E-state index contributed by atoms with van der Waals surface area (Å²) in [5, 5.41) is 7.33. The summed E-state index contributed by atoms with van der Waals surface area (Å²) in [6, 6.07) is 3.93. The van der Waals surface area contributed by atoms with Gasteiger partial charge in [0.1, 0.15) is 0 Å². The molecule has 0 saturated carbocycles. The lowest BCUT2D eigenvalue weighted by molar-refractivity contribution is -0.121. The lowest BCUT2D eigenvalue weighted by atomic mass is 10.3. The normalized spacial score (nSPS) is 12.2. The Hall–Kier alpha value is -2.44. The van der Waals surface area contributed by atoms with Crippen molar-refractivity contribution in [2.24, 2.45) is 0 Å². The van der Waals surface area contributed by atoms with Gasteiger partial charge < -0.3 is 5.32 Å². The van der Waals surface area contributed by atoms with Crippen molar-refractivity contribution < 1.29 is 4.79 Å². The van der Waals surface area contributed by atoms with Crippen molar-refractivity contribution in [3.8, 4) is 0 Å². The second kappa shape index (κ2) is 7.42. The van der Waals surface area contributed by atoms with Gasteiger partial charge in [0, 0.05) is 36.6 Å². The molecule has 2 rings (SSSR count). The molecule has 1 atom stereocenters. The van der Waals surface area contributed by atoms with Crippen molar-refractivity contribution >= 4 is 5.91 Å². The van der Waals surface area contributed by atoms with Crippen LogP contribution in [0.2, 0.25) is 0 Å². The number of nitrogens with one attached hydrogen (secondary N) is 1. The Morgan fingerprint density at radius 1 is 1.17 bits per heavy atom. The van der Waals surface area contributed by atoms with Crippen molar-refractivity contribution in [3.63, 3.8) is 0 Å². The summed E-state index contributed by atoms with van der Waals surface area (Å²) in [5.74, 6) is -0.0877. The Bertz CT molecular complexity index is 791. The van der Waals surface area contributed by atoms with Crippen LogP contribution in [-0.4, -0.2) is 31.8 Å². The molecule has 2 heterocycles. The van der Waals surface area contributed by atoms with E-state index < -0.39 is 0 Å². The van der Waals surface area contributed by atoms with E-state index in [0.29, 0.717) is 18.8 Å². The molecule has 0 bridgehead atoms. The molecule has 7 nitrogen and oxygen atoms in total. The van der Waals surface area contributed by atoms with Crippen LogP contribution >= 0.6 is 0 Å². The van der Waals surface area contributed by atoms with Crippen molar-refractivity contribution in [2.75, 3.05) is 6.54 Å². The fourth-order valence-electron chi connectivity index (χ4n) is 2.79. The average Bonchev–Trinajstić information content (AvgIpc) is 2.82. The number of carbonyl (C=O) groups is 1. The van der Waals surface area contributed by atoms with E-state index >= 15 is 0 Å². The SMILES string of the molecule is Cc1cc(C)n(CCC(=O)NC[C@H](C)n2nc(C)cc2C)c(=O)n1. The van der Waals surface area contributed by atoms with Gasteiger partial charge in [-0.3, -0.25) is 14.0 Å². The Balaban J connectivity index is 1.88. The van der Waals surface area contributed by atoms with E-state index in [-0.39, 0.29) is 24.1 Å². The Morgan fingerprint density at radius 2 is 1.83 bits per heavy atom. The van der Waals surface area contributed by atoms with Gasteiger partial charge in [-0.05, 0) is 46.8 Å². The molecule has 2 aromatic heterocycles. The van der Waals surface area contributed by atoms with Crippen molar-refractivity contribution in [1.29, 1.82) is 0 Å². The third-order valence-electron chi connectivity index (χ3n) is 3.97. The third kappa shape index (κ3) is 4.31. The number of amides is 1. The first kappa shape index (κ1) is 17.9. The first-order valence-corrected chi connectivity index (χ1v) is 8.12. The van der Waals surface area contributed by atoms with Crippen LogP contribution in [0.25, 0.3) is 0 Å². The van der Waals surface area contributed by atoms with E-state index in [9.17, 15) is 9.59 Å². The molecule has 0 saturated heterocycles. The molecule has 0 aromatic carbocycles. The van der Waals surface area contributed by atoms with Crippen molar-refractivity contribution in [3.05, 3.63) is 45.4 Å². The predicted octanol–water partition coefficient (Wildman–Crippen LogP) is 1.44. The first-order valence-electron chi connectivity index (χ1n) is 8.12. The lowest BCUT2D eigenvalue weighted by Gasteiger charge is -2.15. The Kier molecular flexibility index (Phi) is 5.54. The van der Waals surface area contributed by atoms with E-state index in [1.807, 2.05) is 44.5 Å². The molecule has 0 aliphatic heterocycles. The van der Waals surface area contributed by atoms with E-state index in [2.05, 4.69) is 15.4 Å². The summed E-state index contributed by atoms with van der Waals surface area (Å²) in [5.41, 5.74) is 3.24. The zero-order valence-electron chi connectivity index (χ0n) is 15.0. The average molecular weight is 331 g/mol. The van der Waals surface area contributed by atoms with Crippen molar-refractivity contribution in [1.82, 2.24) is 24.6 Å². The van der Waals surface area contributed by atoms with E-state index in [0.717, 1.165) is 17.1 Å². The van der Waals surface area contributed by atoms with Gasteiger partial charge in [-0.15, -0.1) is 0 Å². The highest BCUT2D eigenvalue weighted by atomic mass is 16.2. The van der Waals surface area contributed by atoms with Crippen molar-refractivity contribution in [2.45, 2.75) is 53.6 Å². The van der Waals surface area contributed by atoms with Gasteiger partial charge in [0.05, 0.1) is 11.7 Å². The highest BCUT2D eigenvalue weighted by Crippen LogP contribution is 2.09. The predicted molar refractivity (Wildman–Crippen MR) is 92.0 cm³/mol. The first-order chi connectivity index (χ1) is 11.3. The Morgan fingerprint density at radius 3 is 2.42 bits per heavy atom. The fraction of sp³-hybridized carbons (Fsp3) is 0.529. The molecular formula is C17H25N5O2. The largest absolute Gasteiger partial charge is 0.354 e. The van der Waals surface area contributed by atoms with Crippen LogP contribution in [-0.2, 0) is 11.3 Å². The molecule has 2 aromatic rings. The van der Waals surface area contributed by atoms with E-state index in [4.69, 9.17) is 0 Å². The molecule has 24 heavy (non-hydrogen) atoms. The monoisotopic (exact) mass is 331 g/mol. The molecule has 0 unspecified atom stereocenters. The highest BCUT2D eigenvalue weighted by Gasteiger charge is 2.12. The van der Waals surface area contributed by atoms with Gasteiger partial charge in [0.15, 0.2) is 0 Å². The lowest BCUT2D eigenvalue weighted by Crippen LogP contribution is -2.33. The number of nitrogens with zero attached hydrogens (tertiary/aromatic N) is 4. The number of carbonyl (C=O) groups excluding carboxylic acids is 1. The quantitative estimate of drug-likeness (QED) is 0.868. The molecule has 0 aliphatic rings. The number of aryl methyl sites for hydroxylation is 4. The topological polar surface area (TPSA) is 81.8 Å². The zero-order valence-corrected chi connectivity index (χ0v) is 15.0. The van der Waals surface area contributed by atoms with Crippen LogP contribution in [0.1, 0.15) is 42.2 Å². The highest BCUT2D eigenvalue weighted by molar-refractivity contribution is 5.75. The molecule has 1 N–H and O–H groups in total. The molecule has 130 valence electrons. The third-order valence-corrected chi connectivity index (χ3v) is 3.97.